The molecule has 5 nitrogen and oxygen atoms in total. The lowest BCUT2D eigenvalue weighted by atomic mass is 10.0. The summed E-state index contributed by atoms with van der Waals surface area (Å²) in [5, 5.41) is 16.0. The van der Waals surface area contributed by atoms with Crippen LogP contribution in [0.3, 0.4) is 0 Å². The van der Waals surface area contributed by atoms with E-state index in [-0.39, 0.29) is 11.4 Å². The van der Waals surface area contributed by atoms with Gasteiger partial charge in [0.05, 0.1) is 12.1 Å². The van der Waals surface area contributed by atoms with Crippen molar-refractivity contribution in [2.24, 2.45) is 4.99 Å². The number of phenols is 1. The van der Waals surface area contributed by atoms with Crippen molar-refractivity contribution in [1.82, 2.24) is 10.6 Å². The van der Waals surface area contributed by atoms with E-state index in [4.69, 9.17) is 4.74 Å². The molecule has 0 bridgehead atoms. The second-order valence-electron chi connectivity index (χ2n) is 5.62. The van der Waals surface area contributed by atoms with Crippen LogP contribution in [0.4, 0.5) is 0 Å². The highest BCUT2D eigenvalue weighted by Crippen LogP contribution is 2.23. The van der Waals surface area contributed by atoms with Gasteiger partial charge in [0.25, 0.3) is 0 Å². The highest BCUT2D eigenvalue weighted by Gasteiger charge is 2.29. The Hall–Kier alpha value is -1.75. The van der Waals surface area contributed by atoms with Crippen LogP contribution >= 0.6 is 0 Å². The molecule has 3 N–H and O–H groups in total. The summed E-state index contributed by atoms with van der Waals surface area (Å²) in [6.07, 6.45) is 2.20. The monoisotopic (exact) mass is 291 g/mol. The van der Waals surface area contributed by atoms with Gasteiger partial charge in [0.1, 0.15) is 5.75 Å². The summed E-state index contributed by atoms with van der Waals surface area (Å²) in [6, 6.07) is 7.17. The van der Waals surface area contributed by atoms with Gasteiger partial charge in [-0.15, -0.1) is 0 Å². The topological polar surface area (TPSA) is 65.9 Å². The Morgan fingerprint density at radius 3 is 2.95 bits per heavy atom. The lowest BCUT2D eigenvalue weighted by Crippen LogP contribution is -2.45. The molecule has 1 fully saturated rings. The summed E-state index contributed by atoms with van der Waals surface area (Å²) < 4.78 is 5.77. The van der Waals surface area contributed by atoms with E-state index in [1.807, 2.05) is 19.1 Å². The Morgan fingerprint density at radius 2 is 2.29 bits per heavy atom. The molecule has 1 heterocycles. The van der Waals surface area contributed by atoms with Crippen LogP contribution in [0.5, 0.6) is 5.75 Å². The summed E-state index contributed by atoms with van der Waals surface area (Å²) in [6.45, 7) is 7.10. The molecule has 0 spiro atoms. The van der Waals surface area contributed by atoms with Gasteiger partial charge < -0.3 is 20.5 Å². The maximum absolute atomic E-state index is 9.47. The smallest absolute Gasteiger partial charge is 0.191 e. The van der Waals surface area contributed by atoms with Crippen molar-refractivity contribution in [3.05, 3.63) is 29.8 Å². The fraction of sp³-hybridized carbons (Fsp3) is 0.562. The Bertz CT molecular complexity index is 482. The van der Waals surface area contributed by atoms with Crippen molar-refractivity contribution in [3.8, 4) is 5.75 Å². The summed E-state index contributed by atoms with van der Waals surface area (Å²) in [4.78, 5) is 4.54. The molecule has 0 amide bonds. The van der Waals surface area contributed by atoms with Crippen molar-refractivity contribution in [2.75, 3.05) is 19.7 Å². The van der Waals surface area contributed by atoms with Crippen LogP contribution in [0.15, 0.2) is 29.3 Å². The fourth-order valence-corrected chi connectivity index (χ4v) is 2.41. The minimum absolute atomic E-state index is 0.0960. The predicted octanol–water partition coefficient (Wildman–Crippen LogP) is 2.02. The van der Waals surface area contributed by atoms with Crippen LogP contribution < -0.4 is 10.6 Å². The molecule has 0 aromatic heterocycles. The number of aliphatic imine (C=N–C) groups is 1. The van der Waals surface area contributed by atoms with Gasteiger partial charge in [0.15, 0.2) is 5.96 Å². The van der Waals surface area contributed by atoms with E-state index in [0.717, 1.165) is 44.1 Å². The van der Waals surface area contributed by atoms with Gasteiger partial charge in [-0.05, 0) is 44.4 Å². The first-order valence-electron chi connectivity index (χ1n) is 7.55. The number of nitrogens with zero attached hydrogens (tertiary/aromatic N) is 1. The molecule has 1 atom stereocenters. The molecular weight excluding hydrogens is 266 g/mol. The summed E-state index contributed by atoms with van der Waals surface area (Å²) in [5.74, 6) is 1.05. The molecule has 2 rings (SSSR count). The lowest BCUT2D eigenvalue weighted by Gasteiger charge is -2.24. The van der Waals surface area contributed by atoms with E-state index in [0.29, 0.717) is 6.54 Å². The van der Waals surface area contributed by atoms with Gasteiger partial charge in [-0.3, -0.25) is 0 Å². The third kappa shape index (κ3) is 4.93. The number of aromatic hydroxyl groups is 1. The minimum Gasteiger partial charge on any atom is -0.508 e. The molecule has 1 unspecified atom stereocenters. The quantitative estimate of drug-likeness (QED) is 0.573. The maximum atomic E-state index is 9.47. The average Bonchev–Trinajstić information content (AvgIpc) is 2.89. The Morgan fingerprint density at radius 1 is 1.43 bits per heavy atom. The first-order chi connectivity index (χ1) is 10.1. The second kappa shape index (κ2) is 7.31. The molecule has 5 heteroatoms. The normalized spacial score (nSPS) is 22.3. The number of hydrogen-bond donors (Lipinski definition) is 3. The van der Waals surface area contributed by atoms with E-state index in [9.17, 15) is 5.11 Å². The van der Waals surface area contributed by atoms with Gasteiger partial charge in [-0.25, -0.2) is 4.99 Å². The average molecular weight is 291 g/mol. The first-order valence-corrected chi connectivity index (χ1v) is 7.55. The van der Waals surface area contributed by atoms with Crippen molar-refractivity contribution >= 4 is 5.96 Å². The Kier molecular flexibility index (Phi) is 5.44. The molecule has 1 aromatic rings. The zero-order chi connectivity index (χ0) is 15.1. The van der Waals surface area contributed by atoms with E-state index < -0.39 is 0 Å². The van der Waals surface area contributed by atoms with Crippen LogP contribution in [0.2, 0.25) is 0 Å². The number of hydrogen-bond acceptors (Lipinski definition) is 3. The molecule has 0 saturated carbocycles. The van der Waals surface area contributed by atoms with E-state index in [1.165, 1.54) is 0 Å². The summed E-state index contributed by atoms with van der Waals surface area (Å²) in [7, 11) is 0. The molecule has 0 aliphatic carbocycles. The van der Waals surface area contributed by atoms with Crippen LogP contribution in [-0.2, 0) is 11.3 Å². The molecule has 1 aliphatic rings. The van der Waals surface area contributed by atoms with Gasteiger partial charge in [0.2, 0.25) is 0 Å². The predicted molar refractivity (Wildman–Crippen MR) is 84.5 cm³/mol. The molecule has 116 valence electrons. The van der Waals surface area contributed by atoms with Gasteiger partial charge in [0, 0.05) is 19.7 Å². The molecule has 21 heavy (non-hydrogen) atoms. The third-order valence-corrected chi connectivity index (χ3v) is 3.60. The van der Waals surface area contributed by atoms with Crippen LogP contribution in [0.25, 0.3) is 0 Å². The molecular formula is C16H25N3O2. The van der Waals surface area contributed by atoms with Crippen molar-refractivity contribution in [3.63, 3.8) is 0 Å². The standard InChI is InChI=1S/C16H25N3O2/c1-3-17-15(19-12-16(2)8-5-9-21-16)18-11-13-6-4-7-14(20)10-13/h4,6-7,10,20H,3,5,8-9,11-12H2,1-2H3,(H2,17,18,19). The largest absolute Gasteiger partial charge is 0.508 e. The highest BCUT2D eigenvalue weighted by atomic mass is 16.5. The van der Waals surface area contributed by atoms with Crippen LogP contribution in [0, 0.1) is 0 Å². The molecule has 1 aliphatic heterocycles. The van der Waals surface area contributed by atoms with Crippen molar-refractivity contribution < 1.29 is 9.84 Å². The van der Waals surface area contributed by atoms with Crippen molar-refractivity contribution in [2.45, 2.75) is 38.8 Å². The zero-order valence-electron chi connectivity index (χ0n) is 12.9. The summed E-state index contributed by atoms with van der Waals surface area (Å²) in [5.41, 5.74) is 0.886. The molecule has 1 saturated heterocycles. The number of rotatable bonds is 5. The zero-order valence-corrected chi connectivity index (χ0v) is 12.9. The van der Waals surface area contributed by atoms with E-state index >= 15 is 0 Å². The van der Waals surface area contributed by atoms with Crippen LogP contribution in [-0.4, -0.2) is 36.4 Å². The van der Waals surface area contributed by atoms with Gasteiger partial charge >= 0.3 is 0 Å². The van der Waals surface area contributed by atoms with Gasteiger partial charge in [-0.2, -0.15) is 0 Å². The minimum atomic E-state index is -0.0960. The second-order valence-corrected chi connectivity index (χ2v) is 5.62. The van der Waals surface area contributed by atoms with E-state index in [2.05, 4.69) is 22.5 Å². The SMILES string of the molecule is CCNC(=NCc1cccc(O)c1)NCC1(C)CCCO1. The fourth-order valence-electron chi connectivity index (χ4n) is 2.41. The third-order valence-electron chi connectivity index (χ3n) is 3.60. The highest BCUT2D eigenvalue weighted by molar-refractivity contribution is 5.79. The maximum Gasteiger partial charge on any atom is 0.191 e. The number of benzene rings is 1. The first kappa shape index (κ1) is 15.6. The van der Waals surface area contributed by atoms with E-state index in [1.54, 1.807) is 12.1 Å². The summed E-state index contributed by atoms with van der Waals surface area (Å²) >= 11 is 0. The number of nitrogens with one attached hydrogen (secondary N) is 2. The molecule has 1 aromatic carbocycles. The number of phenolic OH excluding ortho intramolecular Hbond substituents is 1. The number of ether oxygens (including phenoxy) is 1. The molecule has 0 radical (unpaired) electrons. The Labute approximate surface area is 126 Å². The lowest BCUT2D eigenvalue weighted by molar-refractivity contribution is 0.0243. The van der Waals surface area contributed by atoms with Gasteiger partial charge in [-0.1, -0.05) is 12.1 Å². The van der Waals surface area contributed by atoms with Crippen molar-refractivity contribution in [1.29, 1.82) is 0 Å². The van der Waals surface area contributed by atoms with Crippen LogP contribution in [0.1, 0.15) is 32.3 Å². The Balaban J connectivity index is 1.92. The number of guanidine groups is 1.